The van der Waals surface area contributed by atoms with Crippen LogP contribution in [0.25, 0.3) is 0 Å². The number of aliphatic hydroxyl groups excluding tert-OH is 1. The van der Waals surface area contributed by atoms with Gasteiger partial charge in [-0.25, -0.2) is 4.39 Å². The van der Waals surface area contributed by atoms with Gasteiger partial charge in [-0.2, -0.15) is 0 Å². The van der Waals surface area contributed by atoms with Gasteiger partial charge in [-0.1, -0.05) is 12.1 Å². The molecule has 1 saturated heterocycles. The average molecular weight is 237 g/mol. The molecule has 94 valence electrons. The molecule has 2 rings (SSSR count). The van der Waals surface area contributed by atoms with Gasteiger partial charge in [0.1, 0.15) is 5.82 Å². The third-order valence-corrected chi connectivity index (χ3v) is 3.64. The van der Waals surface area contributed by atoms with E-state index in [1.54, 1.807) is 12.1 Å². The van der Waals surface area contributed by atoms with Gasteiger partial charge in [0.25, 0.3) is 0 Å². The Morgan fingerprint density at radius 3 is 2.94 bits per heavy atom. The first-order valence-corrected chi connectivity index (χ1v) is 6.15. The average Bonchev–Trinajstić information content (AvgIpc) is 2.24. The molecule has 3 heteroatoms. The van der Waals surface area contributed by atoms with E-state index in [0.717, 1.165) is 18.4 Å². The number of piperidine rings is 1. The lowest BCUT2D eigenvalue weighted by molar-refractivity contribution is -0.00963. The smallest absolute Gasteiger partial charge is 0.123 e. The number of benzene rings is 1. The van der Waals surface area contributed by atoms with Crippen molar-refractivity contribution in [3.05, 3.63) is 35.6 Å². The Kier molecular flexibility index (Phi) is 3.50. The summed E-state index contributed by atoms with van der Waals surface area (Å²) in [5.74, 6) is -0.196. The molecule has 1 N–H and O–H groups in total. The zero-order valence-electron chi connectivity index (χ0n) is 10.5. The summed E-state index contributed by atoms with van der Waals surface area (Å²) >= 11 is 0. The van der Waals surface area contributed by atoms with Crippen LogP contribution < -0.4 is 0 Å². The second kappa shape index (κ2) is 4.75. The summed E-state index contributed by atoms with van der Waals surface area (Å²) < 4.78 is 13.1. The molecular formula is C14H20FNO. The second-order valence-electron chi connectivity index (χ2n) is 5.52. The normalized spacial score (nSPS) is 24.8. The highest BCUT2D eigenvalue weighted by atomic mass is 19.1. The molecule has 2 nitrogen and oxygen atoms in total. The van der Waals surface area contributed by atoms with Crippen molar-refractivity contribution in [2.75, 3.05) is 6.54 Å². The van der Waals surface area contributed by atoms with E-state index in [0.29, 0.717) is 13.1 Å². The highest BCUT2D eigenvalue weighted by Crippen LogP contribution is 2.29. The molecule has 1 aliphatic rings. The van der Waals surface area contributed by atoms with E-state index in [1.807, 2.05) is 6.07 Å². The number of rotatable bonds is 2. The van der Waals surface area contributed by atoms with Gasteiger partial charge >= 0.3 is 0 Å². The lowest BCUT2D eigenvalue weighted by Crippen LogP contribution is -2.51. The van der Waals surface area contributed by atoms with Crippen LogP contribution in [0.2, 0.25) is 0 Å². The number of aliphatic hydroxyl groups is 1. The van der Waals surface area contributed by atoms with E-state index in [9.17, 15) is 9.50 Å². The molecule has 1 aromatic carbocycles. The maximum atomic E-state index is 13.1. The van der Waals surface area contributed by atoms with Gasteiger partial charge in [0.2, 0.25) is 0 Å². The second-order valence-corrected chi connectivity index (χ2v) is 5.52. The molecule has 17 heavy (non-hydrogen) atoms. The zero-order valence-corrected chi connectivity index (χ0v) is 10.5. The summed E-state index contributed by atoms with van der Waals surface area (Å²) in [6.07, 6.45) is 1.58. The van der Waals surface area contributed by atoms with Crippen LogP contribution >= 0.6 is 0 Å². The van der Waals surface area contributed by atoms with Crippen LogP contribution in [0, 0.1) is 5.82 Å². The molecule has 1 unspecified atom stereocenters. The Morgan fingerprint density at radius 2 is 2.24 bits per heavy atom. The van der Waals surface area contributed by atoms with Crippen molar-refractivity contribution < 1.29 is 9.50 Å². The first-order valence-electron chi connectivity index (χ1n) is 6.15. The van der Waals surface area contributed by atoms with Crippen LogP contribution in [0.5, 0.6) is 0 Å². The van der Waals surface area contributed by atoms with Crippen molar-refractivity contribution in [2.24, 2.45) is 0 Å². The quantitative estimate of drug-likeness (QED) is 0.854. The van der Waals surface area contributed by atoms with Crippen LogP contribution in [0.1, 0.15) is 32.3 Å². The summed E-state index contributed by atoms with van der Waals surface area (Å²) in [7, 11) is 0. The number of hydrogen-bond acceptors (Lipinski definition) is 2. The molecule has 1 aliphatic heterocycles. The highest BCUT2D eigenvalue weighted by Gasteiger charge is 2.33. The fraction of sp³-hybridized carbons (Fsp3) is 0.571. The maximum absolute atomic E-state index is 13.1. The highest BCUT2D eigenvalue weighted by molar-refractivity contribution is 5.16. The molecule has 1 fully saturated rings. The van der Waals surface area contributed by atoms with Gasteiger partial charge in [-0.05, 0) is 44.4 Å². The number of halogens is 1. The molecule has 1 atom stereocenters. The first kappa shape index (κ1) is 12.5. The molecule has 1 aromatic rings. The van der Waals surface area contributed by atoms with Crippen molar-refractivity contribution in [1.82, 2.24) is 4.90 Å². The first-order chi connectivity index (χ1) is 7.97. The van der Waals surface area contributed by atoms with Gasteiger partial charge in [0.15, 0.2) is 0 Å². The summed E-state index contributed by atoms with van der Waals surface area (Å²) in [4.78, 5) is 2.23. The van der Waals surface area contributed by atoms with Crippen LogP contribution in [-0.2, 0) is 6.54 Å². The lowest BCUT2D eigenvalue weighted by Gasteiger charge is -2.44. The molecular weight excluding hydrogens is 217 g/mol. The largest absolute Gasteiger partial charge is 0.392 e. The Morgan fingerprint density at radius 1 is 1.47 bits per heavy atom. The minimum absolute atomic E-state index is 0.0749. The molecule has 0 amide bonds. The van der Waals surface area contributed by atoms with Crippen LogP contribution in [0.3, 0.4) is 0 Å². The zero-order chi connectivity index (χ0) is 12.5. The van der Waals surface area contributed by atoms with Crippen molar-refractivity contribution >= 4 is 0 Å². The van der Waals surface area contributed by atoms with Crippen LogP contribution in [0.15, 0.2) is 24.3 Å². The van der Waals surface area contributed by atoms with E-state index in [-0.39, 0.29) is 17.5 Å². The molecule has 0 aliphatic carbocycles. The predicted octanol–water partition coefficient (Wildman–Crippen LogP) is 2.56. The molecule has 0 aromatic heterocycles. The molecule has 1 heterocycles. The Bertz CT molecular complexity index is 392. The van der Waals surface area contributed by atoms with Crippen LogP contribution in [0.4, 0.5) is 4.39 Å². The van der Waals surface area contributed by atoms with E-state index in [4.69, 9.17) is 0 Å². The van der Waals surface area contributed by atoms with E-state index in [1.165, 1.54) is 6.07 Å². The fourth-order valence-electron chi connectivity index (χ4n) is 2.41. The minimum Gasteiger partial charge on any atom is -0.392 e. The number of β-amino-alcohol motifs (C(OH)–C–C–N with tert-alkyl or cyclic N) is 1. The SMILES string of the molecule is CC1(C)CCC(O)CN1Cc1cccc(F)c1. The number of hydrogen-bond donors (Lipinski definition) is 1. The molecule has 0 saturated carbocycles. The summed E-state index contributed by atoms with van der Waals surface area (Å²) in [5.41, 5.74) is 1.04. The van der Waals surface area contributed by atoms with Crippen molar-refractivity contribution in [3.63, 3.8) is 0 Å². The van der Waals surface area contributed by atoms with Gasteiger partial charge < -0.3 is 5.11 Å². The standard InChI is InChI=1S/C14H20FNO/c1-14(2)7-6-13(17)10-16(14)9-11-4-3-5-12(15)8-11/h3-5,8,13,17H,6-7,9-10H2,1-2H3. The van der Waals surface area contributed by atoms with E-state index in [2.05, 4.69) is 18.7 Å². The summed E-state index contributed by atoms with van der Waals surface area (Å²) in [6.45, 7) is 5.72. The van der Waals surface area contributed by atoms with Crippen LogP contribution in [-0.4, -0.2) is 28.2 Å². The summed E-state index contributed by atoms with van der Waals surface area (Å²) in [5, 5.41) is 9.73. The number of nitrogens with zero attached hydrogens (tertiary/aromatic N) is 1. The Balaban J connectivity index is 2.11. The Labute approximate surface area is 102 Å². The van der Waals surface area contributed by atoms with Gasteiger partial charge in [0.05, 0.1) is 6.10 Å². The fourth-order valence-corrected chi connectivity index (χ4v) is 2.41. The monoisotopic (exact) mass is 237 g/mol. The van der Waals surface area contributed by atoms with E-state index >= 15 is 0 Å². The number of likely N-dealkylation sites (tertiary alicyclic amines) is 1. The van der Waals surface area contributed by atoms with Crippen molar-refractivity contribution in [3.8, 4) is 0 Å². The predicted molar refractivity (Wildman–Crippen MR) is 66.1 cm³/mol. The maximum Gasteiger partial charge on any atom is 0.123 e. The molecule has 0 spiro atoms. The summed E-state index contributed by atoms with van der Waals surface area (Å²) in [6, 6.07) is 6.69. The van der Waals surface area contributed by atoms with Crippen molar-refractivity contribution in [1.29, 1.82) is 0 Å². The lowest BCUT2D eigenvalue weighted by atomic mass is 9.88. The third-order valence-electron chi connectivity index (χ3n) is 3.64. The van der Waals surface area contributed by atoms with Gasteiger partial charge in [-0.3, -0.25) is 4.90 Å². The Hall–Kier alpha value is -0.930. The van der Waals surface area contributed by atoms with E-state index < -0.39 is 0 Å². The third kappa shape index (κ3) is 3.05. The molecule has 0 radical (unpaired) electrons. The topological polar surface area (TPSA) is 23.5 Å². The van der Waals surface area contributed by atoms with Gasteiger partial charge in [-0.15, -0.1) is 0 Å². The minimum atomic E-state index is -0.253. The van der Waals surface area contributed by atoms with Gasteiger partial charge in [0, 0.05) is 18.6 Å². The van der Waals surface area contributed by atoms with Crippen molar-refractivity contribution in [2.45, 2.75) is 44.9 Å². The molecule has 0 bridgehead atoms.